The first kappa shape index (κ1) is 17.0. The van der Waals surface area contributed by atoms with E-state index in [2.05, 4.69) is 15.3 Å². The Bertz CT molecular complexity index is 896. The molecular formula is C18H17N3O3S. The molecule has 0 aliphatic heterocycles. The number of rotatable bonds is 6. The molecule has 0 unspecified atom stereocenters. The molecule has 1 aromatic heterocycles. The first-order valence-corrected chi connectivity index (χ1v) is 8.54. The standard InChI is InChI=1S/C18H17N3O3S/c1-23-12-7-8-16(24-2)15(9-12)21-17(22)10-25-18-13-5-3-4-6-14(13)19-11-20-18/h3-9,11H,10H2,1-2H3,(H,21,22). The van der Waals surface area contributed by atoms with Gasteiger partial charge in [-0.3, -0.25) is 4.79 Å². The molecular weight excluding hydrogens is 338 g/mol. The number of nitrogens with zero attached hydrogens (tertiary/aromatic N) is 2. The van der Waals surface area contributed by atoms with Crippen LogP contribution in [-0.4, -0.2) is 35.8 Å². The number of thioether (sulfide) groups is 1. The molecule has 0 aliphatic rings. The van der Waals surface area contributed by atoms with Crippen molar-refractivity contribution in [2.75, 3.05) is 25.3 Å². The number of carbonyl (C=O) groups is 1. The number of carbonyl (C=O) groups excluding carboxylic acids is 1. The van der Waals surface area contributed by atoms with Crippen molar-refractivity contribution in [3.8, 4) is 11.5 Å². The van der Waals surface area contributed by atoms with E-state index in [1.54, 1.807) is 32.4 Å². The molecule has 0 bridgehead atoms. The SMILES string of the molecule is COc1ccc(OC)c(NC(=O)CSc2ncnc3ccccc23)c1. The van der Waals surface area contributed by atoms with E-state index in [9.17, 15) is 4.79 Å². The molecule has 1 heterocycles. The number of anilines is 1. The predicted molar refractivity (Wildman–Crippen MR) is 98.4 cm³/mol. The van der Waals surface area contributed by atoms with E-state index in [1.807, 2.05) is 24.3 Å². The Hall–Kier alpha value is -2.80. The largest absolute Gasteiger partial charge is 0.497 e. The van der Waals surface area contributed by atoms with Crippen molar-refractivity contribution in [3.05, 3.63) is 48.8 Å². The number of hydrogen-bond acceptors (Lipinski definition) is 6. The average Bonchev–Trinajstić information content (AvgIpc) is 2.66. The Balaban J connectivity index is 1.71. The number of fused-ring (bicyclic) bond motifs is 1. The van der Waals surface area contributed by atoms with E-state index < -0.39 is 0 Å². The lowest BCUT2D eigenvalue weighted by Gasteiger charge is -2.11. The van der Waals surface area contributed by atoms with Gasteiger partial charge in [0.05, 0.1) is 31.2 Å². The summed E-state index contributed by atoms with van der Waals surface area (Å²) in [5.41, 5.74) is 1.43. The highest BCUT2D eigenvalue weighted by molar-refractivity contribution is 8.00. The molecule has 3 aromatic rings. The van der Waals surface area contributed by atoms with Crippen LogP contribution in [0.4, 0.5) is 5.69 Å². The van der Waals surface area contributed by atoms with Crippen molar-refractivity contribution in [1.29, 1.82) is 0 Å². The van der Waals surface area contributed by atoms with Gasteiger partial charge in [0.2, 0.25) is 5.91 Å². The molecule has 0 spiro atoms. The van der Waals surface area contributed by atoms with Crippen LogP contribution < -0.4 is 14.8 Å². The molecule has 1 N–H and O–H groups in total. The van der Waals surface area contributed by atoms with Gasteiger partial charge < -0.3 is 14.8 Å². The number of amides is 1. The molecule has 7 heteroatoms. The van der Waals surface area contributed by atoms with Crippen molar-refractivity contribution in [2.45, 2.75) is 5.03 Å². The van der Waals surface area contributed by atoms with E-state index in [4.69, 9.17) is 9.47 Å². The molecule has 25 heavy (non-hydrogen) atoms. The van der Waals surface area contributed by atoms with Crippen LogP contribution in [0.15, 0.2) is 53.8 Å². The number of benzene rings is 2. The lowest BCUT2D eigenvalue weighted by atomic mass is 10.2. The third kappa shape index (κ3) is 4.00. The Morgan fingerprint density at radius 3 is 2.76 bits per heavy atom. The summed E-state index contributed by atoms with van der Waals surface area (Å²) in [7, 11) is 3.13. The second-order valence-electron chi connectivity index (χ2n) is 5.10. The number of para-hydroxylation sites is 1. The lowest BCUT2D eigenvalue weighted by molar-refractivity contribution is -0.113. The van der Waals surface area contributed by atoms with Gasteiger partial charge in [-0.05, 0) is 18.2 Å². The van der Waals surface area contributed by atoms with Crippen molar-refractivity contribution < 1.29 is 14.3 Å². The zero-order valence-corrected chi connectivity index (χ0v) is 14.7. The third-order valence-electron chi connectivity index (χ3n) is 3.53. The fourth-order valence-electron chi connectivity index (χ4n) is 2.33. The molecule has 128 valence electrons. The summed E-state index contributed by atoms with van der Waals surface area (Å²) < 4.78 is 10.5. The van der Waals surface area contributed by atoms with Gasteiger partial charge in [0.1, 0.15) is 22.9 Å². The maximum Gasteiger partial charge on any atom is 0.234 e. The van der Waals surface area contributed by atoms with Crippen LogP contribution in [0.2, 0.25) is 0 Å². The van der Waals surface area contributed by atoms with Crippen LogP contribution in [0.3, 0.4) is 0 Å². The molecule has 0 radical (unpaired) electrons. The van der Waals surface area contributed by atoms with E-state index in [-0.39, 0.29) is 11.7 Å². The van der Waals surface area contributed by atoms with Crippen LogP contribution in [0, 0.1) is 0 Å². The summed E-state index contributed by atoms with van der Waals surface area (Å²) in [5, 5.41) is 4.55. The van der Waals surface area contributed by atoms with Gasteiger partial charge in [-0.15, -0.1) is 0 Å². The van der Waals surface area contributed by atoms with Gasteiger partial charge in [0, 0.05) is 11.5 Å². The average molecular weight is 355 g/mol. The van der Waals surface area contributed by atoms with Gasteiger partial charge >= 0.3 is 0 Å². The molecule has 0 fully saturated rings. The van der Waals surface area contributed by atoms with Crippen LogP contribution in [0.5, 0.6) is 11.5 Å². The Morgan fingerprint density at radius 2 is 1.96 bits per heavy atom. The fourth-order valence-corrected chi connectivity index (χ4v) is 3.12. The molecule has 0 aliphatic carbocycles. The molecule has 1 amide bonds. The quantitative estimate of drug-likeness (QED) is 0.540. The van der Waals surface area contributed by atoms with Crippen molar-refractivity contribution in [3.63, 3.8) is 0 Å². The second kappa shape index (κ2) is 7.85. The highest BCUT2D eigenvalue weighted by atomic mass is 32.2. The van der Waals surface area contributed by atoms with Gasteiger partial charge in [-0.25, -0.2) is 9.97 Å². The monoisotopic (exact) mass is 355 g/mol. The van der Waals surface area contributed by atoms with E-state index in [0.717, 1.165) is 15.9 Å². The van der Waals surface area contributed by atoms with Crippen LogP contribution in [0.1, 0.15) is 0 Å². The molecule has 0 saturated heterocycles. The maximum absolute atomic E-state index is 12.3. The number of methoxy groups -OCH3 is 2. The highest BCUT2D eigenvalue weighted by Crippen LogP contribution is 2.29. The highest BCUT2D eigenvalue weighted by Gasteiger charge is 2.11. The van der Waals surface area contributed by atoms with Crippen molar-refractivity contribution in [1.82, 2.24) is 9.97 Å². The topological polar surface area (TPSA) is 73.3 Å². The molecule has 0 atom stereocenters. The number of ether oxygens (including phenoxy) is 2. The lowest BCUT2D eigenvalue weighted by Crippen LogP contribution is -2.15. The first-order valence-electron chi connectivity index (χ1n) is 7.55. The summed E-state index contributed by atoms with van der Waals surface area (Å²) in [6.45, 7) is 0. The Labute approximate surface area is 149 Å². The summed E-state index contributed by atoms with van der Waals surface area (Å²) in [5.74, 6) is 1.29. The Kier molecular flexibility index (Phi) is 5.35. The van der Waals surface area contributed by atoms with Crippen LogP contribution in [-0.2, 0) is 4.79 Å². The summed E-state index contributed by atoms with van der Waals surface area (Å²) in [4.78, 5) is 20.8. The second-order valence-corrected chi connectivity index (χ2v) is 6.06. The number of hydrogen-bond donors (Lipinski definition) is 1. The van der Waals surface area contributed by atoms with Crippen LogP contribution in [0.25, 0.3) is 10.9 Å². The number of aromatic nitrogens is 2. The minimum absolute atomic E-state index is 0.153. The van der Waals surface area contributed by atoms with Gasteiger partial charge in [-0.2, -0.15) is 0 Å². The Morgan fingerprint density at radius 1 is 1.12 bits per heavy atom. The van der Waals surface area contributed by atoms with E-state index in [0.29, 0.717) is 17.2 Å². The smallest absolute Gasteiger partial charge is 0.234 e. The van der Waals surface area contributed by atoms with Crippen molar-refractivity contribution >= 4 is 34.3 Å². The zero-order valence-electron chi connectivity index (χ0n) is 13.9. The molecule has 0 saturated carbocycles. The summed E-state index contributed by atoms with van der Waals surface area (Å²) >= 11 is 1.37. The van der Waals surface area contributed by atoms with E-state index >= 15 is 0 Å². The molecule has 2 aromatic carbocycles. The fraction of sp³-hybridized carbons (Fsp3) is 0.167. The normalized spacial score (nSPS) is 10.5. The summed E-state index contributed by atoms with van der Waals surface area (Å²) in [6, 6.07) is 13.0. The van der Waals surface area contributed by atoms with E-state index in [1.165, 1.54) is 18.1 Å². The van der Waals surface area contributed by atoms with Crippen LogP contribution >= 0.6 is 11.8 Å². The minimum atomic E-state index is -0.153. The zero-order chi connectivity index (χ0) is 17.6. The van der Waals surface area contributed by atoms with Gasteiger partial charge in [0.25, 0.3) is 0 Å². The molecule has 6 nitrogen and oxygen atoms in total. The molecule has 3 rings (SSSR count). The maximum atomic E-state index is 12.3. The predicted octanol–water partition coefficient (Wildman–Crippen LogP) is 3.38. The van der Waals surface area contributed by atoms with Gasteiger partial charge in [0.15, 0.2) is 0 Å². The van der Waals surface area contributed by atoms with Gasteiger partial charge in [-0.1, -0.05) is 30.0 Å². The summed E-state index contributed by atoms with van der Waals surface area (Å²) in [6.07, 6.45) is 1.51. The number of nitrogens with one attached hydrogen (secondary N) is 1. The third-order valence-corrected chi connectivity index (χ3v) is 4.53. The first-order chi connectivity index (χ1) is 12.2. The minimum Gasteiger partial charge on any atom is -0.497 e. The van der Waals surface area contributed by atoms with Crippen molar-refractivity contribution in [2.24, 2.45) is 0 Å².